The van der Waals surface area contributed by atoms with Gasteiger partial charge in [0.15, 0.2) is 0 Å². The maximum atomic E-state index is 13.8. The van der Waals surface area contributed by atoms with Gasteiger partial charge < -0.3 is 112 Å². The molecule has 0 unspecified atom stereocenters. The average Bonchev–Trinajstić information content (AvgIpc) is 3.81. The molecule has 0 bridgehead atoms. The Kier molecular flexibility index (Phi) is 60.1. The molecule has 0 aliphatic carbocycles. The van der Waals surface area contributed by atoms with E-state index in [1.165, 1.54) is 0 Å². The molecule has 22 N–H and O–H groups in total. The lowest BCUT2D eigenvalue weighted by Crippen LogP contribution is -2.42. The molecule has 0 aromatic rings. The number of ketones is 4. The summed E-state index contributed by atoms with van der Waals surface area (Å²) in [5, 5.41) is 22.5. The van der Waals surface area contributed by atoms with E-state index in [0.29, 0.717) is 202 Å². The minimum atomic E-state index is -0.270. The summed E-state index contributed by atoms with van der Waals surface area (Å²) in [4.78, 5) is 167. The van der Waals surface area contributed by atoms with E-state index < -0.39 is 0 Å². The quantitative estimate of drug-likeness (QED) is 0.0270. The summed E-state index contributed by atoms with van der Waals surface area (Å²) in [6, 6.07) is 0. The fourth-order valence-corrected chi connectivity index (χ4v) is 10.3. The molecule has 8 amide bonds. The number of nitrogens with zero attached hydrogens (tertiary/aromatic N) is 6. The van der Waals surface area contributed by atoms with Gasteiger partial charge in [0.25, 0.3) is 0 Å². The second-order valence-corrected chi connectivity index (χ2v) is 24.6. The number of amides is 8. The molecule has 0 aromatic heterocycles. The van der Waals surface area contributed by atoms with E-state index in [9.17, 15) is 57.5 Å². The largest absolute Gasteiger partial charge is 0.355 e. The van der Waals surface area contributed by atoms with Crippen molar-refractivity contribution in [1.29, 1.82) is 0 Å². The van der Waals surface area contributed by atoms with Crippen molar-refractivity contribution >= 4 is 70.4 Å². The molecule has 572 valence electrons. The van der Waals surface area contributed by atoms with Gasteiger partial charge in [0.2, 0.25) is 47.3 Å². The van der Waals surface area contributed by atoms with Crippen LogP contribution < -0.4 is 82.7 Å². The molecular weight excluding hydrogens is 1280 g/mol. The third-order valence-corrected chi connectivity index (χ3v) is 16.1. The molecule has 0 spiro atoms. The van der Waals surface area contributed by atoms with Crippen molar-refractivity contribution in [2.75, 3.05) is 216 Å². The highest BCUT2D eigenvalue weighted by molar-refractivity contribution is 5.81. The van der Waals surface area contributed by atoms with E-state index in [4.69, 9.17) is 40.1 Å². The Morgan fingerprint density at radius 2 is 0.394 bits per heavy atom. The van der Waals surface area contributed by atoms with Crippen LogP contribution in [0.2, 0.25) is 0 Å². The van der Waals surface area contributed by atoms with Crippen LogP contribution in [0.3, 0.4) is 0 Å². The van der Waals surface area contributed by atoms with Crippen LogP contribution >= 0.6 is 0 Å². The number of nitrogens with one attached hydrogen (secondary N) is 8. The number of carbonyl (C=O) groups excluding carboxylic acids is 12. The SMILES string of the molecule is CCCC(=O)CCN(CCNC(=O)CCN(CCC(=O)CCCN(CCC(=O)CCCN)CCC(=O)NCCN)CCN(CCC(=O)CCCN(CCC(=O)NCCN)CCC(=O)NCCN)CCC(=O)NCCN(CCC(=O)NCCN)CCC(=O)NCCN)CCC(=O)NCCN. The lowest BCUT2D eigenvalue weighted by Gasteiger charge is -2.28. The number of hydrogen-bond acceptors (Lipinski definition) is 25. The first-order valence-electron chi connectivity index (χ1n) is 36.2. The Balaban J connectivity index is 6.78. The maximum absolute atomic E-state index is 13.8. The Morgan fingerprint density at radius 1 is 0.202 bits per heavy atom. The second-order valence-electron chi connectivity index (χ2n) is 24.6. The molecule has 0 atom stereocenters. The molecule has 0 aromatic carbocycles. The van der Waals surface area contributed by atoms with Crippen molar-refractivity contribution in [1.82, 2.24) is 71.9 Å². The monoisotopic (exact) mass is 1410 g/mol. The van der Waals surface area contributed by atoms with Gasteiger partial charge in [0, 0.05) is 299 Å². The lowest BCUT2D eigenvalue weighted by atomic mass is 10.1. The Labute approximate surface area is 589 Å². The van der Waals surface area contributed by atoms with Crippen molar-refractivity contribution in [2.45, 2.75) is 135 Å². The molecule has 0 saturated heterocycles. The van der Waals surface area contributed by atoms with Crippen molar-refractivity contribution in [2.24, 2.45) is 40.1 Å². The van der Waals surface area contributed by atoms with Crippen LogP contribution in [0.4, 0.5) is 0 Å². The van der Waals surface area contributed by atoms with Crippen LogP contribution in [0, 0.1) is 0 Å². The number of hydrogen-bond donors (Lipinski definition) is 15. The summed E-state index contributed by atoms with van der Waals surface area (Å²) in [6.07, 6.45) is 5.52. The smallest absolute Gasteiger partial charge is 0.221 e. The Morgan fingerprint density at radius 3 is 0.616 bits per heavy atom. The molecule has 0 radical (unpaired) electrons. The summed E-state index contributed by atoms with van der Waals surface area (Å²) < 4.78 is 0. The topological polar surface area (TPSA) is 503 Å². The van der Waals surface area contributed by atoms with Crippen LogP contribution in [0.15, 0.2) is 0 Å². The van der Waals surface area contributed by atoms with E-state index in [1.807, 2.05) is 36.3 Å². The second kappa shape index (κ2) is 64.0. The fourth-order valence-electron chi connectivity index (χ4n) is 10.3. The molecule has 33 heteroatoms. The van der Waals surface area contributed by atoms with Crippen LogP contribution in [0.1, 0.15) is 135 Å². The first kappa shape index (κ1) is 92.9. The number of Topliss-reactive ketones (excluding diaryl/α,β-unsaturated/α-hetero) is 4. The van der Waals surface area contributed by atoms with Crippen molar-refractivity contribution in [3.63, 3.8) is 0 Å². The van der Waals surface area contributed by atoms with Gasteiger partial charge in [-0.1, -0.05) is 6.92 Å². The van der Waals surface area contributed by atoms with Crippen molar-refractivity contribution in [3.05, 3.63) is 0 Å². The van der Waals surface area contributed by atoms with Crippen LogP contribution in [-0.2, 0) is 57.5 Å². The minimum Gasteiger partial charge on any atom is -0.355 e. The predicted molar refractivity (Wildman–Crippen MR) is 384 cm³/mol. The third-order valence-electron chi connectivity index (χ3n) is 16.1. The molecule has 0 aliphatic heterocycles. The standard InChI is InChI=1S/C66H131N21O12/c1-2-6-55(88)10-40-84(46-17-62(95)77-32-26-71)51-35-80-65(98)20-49-86(41-12-57(90)8-4-37-82(39-11-56(89)7-3-22-67)43-14-59(92)74-29-23-68)53-54-87(42-13-58(91)9-5-38-83(44-15-60(93)75-30-24-69)45-16-61(94)76-31-25-70)50-21-66(99)81-36-52-85(47-18-63(96)78-33-27-72)48-19-64(97)79-34-28-73/h2-54,67-73H2,1H3,(H,74,92)(H,75,93)(H,76,94)(H,77,95)(H,78,96)(H,79,97)(H,80,98)(H,81,99). The summed E-state index contributed by atoms with van der Waals surface area (Å²) in [7, 11) is 0. The van der Waals surface area contributed by atoms with Gasteiger partial charge in [-0.2, -0.15) is 0 Å². The molecule has 99 heavy (non-hydrogen) atoms. The fraction of sp³-hybridized carbons (Fsp3) is 0.818. The molecule has 0 heterocycles. The van der Waals surface area contributed by atoms with Crippen LogP contribution in [-0.4, -0.2) is 316 Å². The van der Waals surface area contributed by atoms with Crippen molar-refractivity contribution < 1.29 is 57.5 Å². The summed E-state index contributed by atoms with van der Waals surface area (Å²) in [5.74, 6) is -1.48. The maximum Gasteiger partial charge on any atom is 0.221 e. The van der Waals surface area contributed by atoms with E-state index in [2.05, 4.69) is 42.5 Å². The highest BCUT2D eigenvalue weighted by atomic mass is 16.2. The van der Waals surface area contributed by atoms with Gasteiger partial charge in [-0.3, -0.25) is 57.5 Å². The lowest BCUT2D eigenvalue weighted by molar-refractivity contribution is -0.123. The molecule has 33 nitrogen and oxygen atoms in total. The highest BCUT2D eigenvalue weighted by Gasteiger charge is 2.20. The zero-order valence-electron chi connectivity index (χ0n) is 60.1. The van der Waals surface area contributed by atoms with Crippen LogP contribution in [0.5, 0.6) is 0 Å². The molecule has 0 saturated carbocycles. The summed E-state index contributed by atoms with van der Waals surface area (Å²) in [6.45, 7) is 12.9. The van der Waals surface area contributed by atoms with Gasteiger partial charge in [0.05, 0.1) is 0 Å². The first-order valence-corrected chi connectivity index (χ1v) is 36.2. The highest BCUT2D eigenvalue weighted by Crippen LogP contribution is 2.09. The van der Waals surface area contributed by atoms with Crippen molar-refractivity contribution in [3.8, 4) is 0 Å². The van der Waals surface area contributed by atoms with Gasteiger partial charge in [-0.25, -0.2) is 0 Å². The summed E-state index contributed by atoms with van der Waals surface area (Å²) >= 11 is 0. The Hall–Kier alpha value is -6.08. The van der Waals surface area contributed by atoms with E-state index in [0.717, 1.165) is 6.42 Å². The number of carbonyl (C=O) groups is 12. The van der Waals surface area contributed by atoms with E-state index in [-0.39, 0.29) is 206 Å². The van der Waals surface area contributed by atoms with E-state index in [1.54, 1.807) is 0 Å². The molecule has 0 aliphatic rings. The zero-order chi connectivity index (χ0) is 73.5. The molecule has 0 rings (SSSR count). The molecular formula is C66H131N21O12. The number of nitrogens with two attached hydrogens (primary N) is 7. The van der Waals surface area contributed by atoms with Gasteiger partial charge in [0.1, 0.15) is 23.1 Å². The van der Waals surface area contributed by atoms with E-state index >= 15 is 0 Å². The van der Waals surface area contributed by atoms with Gasteiger partial charge >= 0.3 is 0 Å². The van der Waals surface area contributed by atoms with Gasteiger partial charge in [-0.05, 0) is 45.3 Å². The summed E-state index contributed by atoms with van der Waals surface area (Å²) in [5.41, 5.74) is 39.1. The normalized spacial score (nSPS) is 11.4. The predicted octanol–water partition coefficient (Wildman–Crippen LogP) is -5.46. The average molecular weight is 1410 g/mol. The number of rotatable bonds is 70. The van der Waals surface area contributed by atoms with Gasteiger partial charge in [-0.15, -0.1) is 0 Å². The Bertz CT molecular complexity index is 2110. The van der Waals surface area contributed by atoms with Crippen LogP contribution in [0.25, 0.3) is 0 Å². The zero-order valence-corrected chi connectivity index (χ0v) is 60.1. The first-order chi connectivity index (χ1) is 47.7. The minimum absolute atomic E-state index is 0.0240. The third kappa shape index (κ3) is 57.3. The molecule has 0 fully saturated rings.